The monoisotopic (exact) mass is 305 g/mol. The average molecular weight is 305 g/mol. The number of aliphatic hydroxyl groups is 1. The Hall–Kier alpha value is -1.43. The van der Waals surface area contributed by atoms with E-state index in [1.54, 1.807) is 12.1 Å². The summed E-state index contributed by atoms with van der Waals surface area (Å²) >= 11 is 0. The molecular formula is C16H19NO3S. The summed E-state index contributed by atoms with van der Waals surface area (Å²) in [6.45, 7) is 0.514. The van der Waals surface area contributed by atoms with Crippen LogP contribution in [0.3, 0.4) is 0 Å². The summed E-state index contributed by atoms with van der Waals surface area (Å²) in [5.41, 5.74) is -0.0291. The van der Waals surface area contributed by atoms with Gasteiger partial charge in [-0.05, 0) is 47.6 Å². The third-order valence-electron chi connectivity index (χ3n) is 4.27. The van der Waals surface area contributed by atoms with Crippen LogP contribution in [0.25, 0.3) is 10.8 Å². The minimum Gasteiger partial charge on any atom is -0.396 e. The maximum atomic E-state index is 12.4. The van der Waals surface area contributed by atoms with Gasteiger partial charge in [0.25, 0.3) is 0 Å². The normalized spacial score (nSPS) is 17.0. The van der Waals surface area contributed by atoms with Crippen LogP contribution in [0.5, 0.6) is 0 Å². The van der Waals surface area contributed by atoms with Crippen molar-refractivity contribution in [3.63, 3.8) is 0 Å². The minimum absolute atomic E-state index is 0.0291. The lowest BCUT2D eigenvalue weighted by Crippen LogP contribution is -2.30. The number of nitrogens with one attached hydrogen (secondary N) is 1. The first kappa shape index (κ1) is 14.5. The lowest BCUT2D eigenvalue weighted by molar-refractivity contribution is 0.249. The molecule has 1 fully saturated rings. The van der Waals surface area contributed by atoms with Crippen LogP contribution < -0.4 is 4.72 Å². The predicted molar refractivity (Wildman–Crippen MR) is 82.5 cm³/mol. The fourth-order valence-corrected chi connectivity index (χ4v) is 3.79. The van der Waals surface area contributed by atoms with Gasteiger partial charge in [0.15, 0.2) is 0 Å². The van der Waals surface area contributed by atoms with Crippen molar-refractivity contribution in [2.45, 2.75) is 24.2 Å². The molecule has 112 valence electrons. The van der Waals surface area contributed by atoms with E-state index in [1.807, 2.05) is 30.3 Å². The molecule has 3 rings (SSSR count). The van der Waals surface area contributed by atoms with Crippen LogP contribution in [0.4, 0.5) is 0 Å². The highest BCUT2D eigenvalue weighted by Crippen LogP contribution is 2.48. The zero-order valence-electron chi connectivity index (χ0n) is 11.7. The zero-order chi connectivity index (χ0) is 14.9. The van der Waals surface area contributed by atoms with E-state index in [-0.39, 0.29) is 12.0 Å². The van der Waals surface area contributed by atoms with Gasteiger partial charge in [-0.3, -0.25) is 0 Å². The van der Waals surface area contributed by atoms with E-state index in [4.69, 9.17) is 5.11 Å². The summed E-state index contributed by atoms with van der Waals surface area (Å²) in [5, 5.41) is 11.0. The van der Waals surface area contributed by atoms with Gasteiger partial charge >= 0.3 is 0 Å². The maximum Gasteiger partial charge on any atom is 0.240 e. The van der Waals surface area contributed by atoms with Gasteiger partial charge in [0.1, 0.15) is 0 Å². The summed E-state index contributed by atoms with van der Waals surface area (Å²) < 4.78 is 27.5. The van der Waals surface area contributed by atoms with Gasteiger partial charge in [-0.15, -0.1) is 0 Å². The third kappa shape index (κ3) is 3.10. The molecule has 0 spiro atoms. The standard InChI is InChI=1S/C16H19NO3S/c18-10-9-16(7-8-16)12-17-21(19,20)15-6-5-13-3-1-2-4-14(13)11-15/h1-6,11,17-18H,7-10,12H2. The Bertz CT molecular complexity index is 751. The number of benzene rings is 2. The van der Waals surface area contributed by atoms with Crippen LogP contribution in [0.2, 0.25) is 0 Å². The highest BCUT2D eigenvalue weighted by atomic mass is 32.2. The van der Waals surface area contributed by atoms with Crippen molar-refractivity contribution in [3.8, 4) is 0 Å². The number of hydrogen-bond donors (Lipinski definition) is 2. The SMILES string of the molecule is O=S(=O)(NCC1(CCO)CC1)c1ccc2ccccc2c1. The molecule has 0 unspecified atom stereocenters. The van der Waals surface area contributed by atoms with Crippen molar-refractivity contribution in [2.75, 3.05) is 13.2 Å². The van der Waals surface area contributed by atoms with Crippen LogP contribution in [-0.4, -0.2) is 26.7 Å². The fraction of sp³-hybridized carbons (Fsp3) is 0.375. The Kier molecular flexibility index (Phi) is 3.73. The van der Waals surface area contributed by atoms with E-state index >= 15 is 0 Å². The molecule has 0 bridgehead atoms. The second kappa shape index (κ2) is 5.40. The number of rotatable bonds is 6. The molecule has 1 saturated carbocycles. The fourth-order valence-electron chi connectivity index (χ4n) is 2.60. The third-order valence-corrected chi connectivity index (χ3v) is 5.67. The molecule has 2 N–H and O–H groups in total. The summed E-state index contributed by atoms with van der Waals surface area (Å²) in [6, 6.07) is 12.8. The second-order valence-electron chi connectivity index (χ2n) is 5.81. The molecular weight excluding hydrogens is 286 g/mol. The quantitative estimate of drug-likeness (QED) is 0.860. The van der Waals surface area contributed by atoms with Crippen molar-refractivity contribution in [2.24, 2.45) is 5.41 Å². The number of hydrogen-bond acceptors (Lipinski definition) is 3. The minimum atomic E-state index is -3.49. The largest absolute Gasteiger partial charge is 0.396 e. The highest BCUT2D eigenvalue weighted by molar-refractivity contribution is 7.89. The number of fused-ring (bicyclic) bond motifs is 1. The summed E-state index contributed by atoms with van der Waals surface area (Å²) in [5.74, 6) is 0. The first-order valence-electron chi connectivity index (χ1n) is 7.14. The molecule has 0 radical (unpaired) electrons. The zero-order valence-corrected chi connectivity index (χ0v) is 12.6. The summed E-state index contributed by atoms with van der Waals surface area (Å²) in [4.78, 5) is 0.293. The van der Waals surface area contributed by atoms with Gasteiger partial charge in [0.05, 0.1) is 4.90 Å². The molecule has 4 nitrogen and oxygen atoms in total. The molecule has 1 aliphatic rings. The smallest absolute Gasteiger partial charge is 0.240 e. The molecule has 1 aliphatic carbocycles. The second-order valence-corrected chi connectivity index (χ2v) is 7.57. The summed E-state index contributed by atoms with van der Waals surface area (Å²) in [6.07, 6.45) is 2.62. The Morgan fingerprint density at radius 3 is 2.48 bits per heavy atom. The van der Waals surface area contributed by atoms with E-state index in [0.717, 1.165) is 23.6 Å². The first-order valence-corrected chi connectivity index (χ1v) is 8.62. The molecule has 21 heavy (non-hydrogen) atoms. The molecule has 0 saturated heterocycles. The predicted octanol–water partition coefficient (Wildman–Crippen LogP) is 2.28. The van der Waals surface area contributed by atoms with Crippen molar-refractivity contribution >= 4 is 20.8 Å². The van der Waals surface area contributed by atoms with Crippen molar-refractivity contribution in [1.29, 1.82) is 0 Å². The van der Waals surface area contributed by atoms with Gasteiger partial charge < -0.3 is 5.11 Å². The first-order chi connectivity index (χ1) is 10.0. The van der Waals surface area contributed by atoms with Gasteiger partial charge in [-0.2, -0.15) is 0 Å². The molecule has 0 amide bonds. The maximum absolute atomic E-state index is 12.4. The average Bonchev–Trinajstić information content (AvgIpc) is 3.25. The molecule has 0 heterocycles. The highest BCUT2D eigenvalue weighted by Gasteiger charge is 2.42. The van der Waals surface area contributed by atoms with Crippen molar-refractivity contribution in [3.05, 3.63) is 42.5 Å². The van der Waals surface area contributed by atoms with E-state index < -0.39 is 10.0 Å². The van der Waals surface area contributed by atoms with E-state index in [1.165, 1.54) is 0 Å². The molecule has 0 atom stereocenters. The lowest BCUT2D eigenvalue weighted by Gasteiger charge is -2.15. The van der Waals surface area contributed by atoms with E-state index in [0.29, 0.717) is 17.9 Å². The van der Waals surface area contributed by atoms with Gasteiger partial charge in [-0.25, -0.2) is 13.1 Å². The van der Waals surface area contributed by atoms with Crippen LogP contribution in [0.15, 0.2) is 47.4 Å². The van der Waals surface area contributed by atoms with Gasteiger partial charge in [-0.1, -0.05) is 30.3 Å². The van der Waals surface area contributed by atoms with Crippen molar-refractivity contribution < 1.29 is 13.5 Å². The molecule has 2 aromatic rings. The molecule has 0 aromatic heterocycles. The molecule has 2 aromatic carbocycles. The Labute approximate surface area is 124 Å². The van der Waals surface area contributed by atoms with Crippen molar-refractivity contribution in [1.82, 2.24) is 4.72 Å². The van der Waals surface area contributed by atoms with Gasteiger partial charge in [0.2, 0.25) is 10.0 Å². The van der Waals surface area contributed by atoms with Crippen LogP contribution >= 0.6 is 0 Å². The molecule has 0 aliphatic heterocycles. The Balaban J connectivity index is 1.80. The Morgan fingerprint density at radius 1 is 1.10 bits per heavy atom. The van der Waals surface area contributed by atoms with Crippen LogP contribution in [0, 0.1) is 5.41 Å². The Morgan fingerprint density at radius 2 is 1.81 bits per heavy atom. The lowest BCUT2D eigenvalue weighted by atomic mass is 10.0. The topological polar surface area (TPSA) is 66.4 Å². The van der Waals surface area contributed by atoms with E-state index in [2.05, 4.69) is 4.72 Å². The van der Waals surface area contributed by atoms with Crippen LogP contribution in [0.1, 0.15) is 19.3 Å². The summed E-state index contributed by atoms with van der Waals surface area (Å²) in [7, 11) is -3.49. The van der Waals surface area contributed by atoms with Gasteiger partial charge in [0, 0.05) is 13.2 Å². The number of aliphatic hydroxyl groups excluding tert-OH is 1. The van der Waals surface area contributed by atoms with E-state index in [9.17, 15) is 8.42 Å². The molecule has 5 heteroatoms. The number of sulfonamides is 1. The van der Waals surface area contributed by atoms with Crippen LogP contribution in [-0.2, 0) is 10.0 Å².